The molecule has 0 aliphatic heterocycles. The number of nitrogens with zero attached hydrogens (tertiary/aromatic N) is 3. The van der Waals surface area contributed by atoms with Gasteiger partial charge in [-0.1, -0.05) is 5.21 Å². The number of H-pyrrole nitrogens is 1. The minimum Gasteiger partial charge on any atom is -0.315 e. The van der Waals surface area contributed by atoms with Gasteiger partial charge in [0.1, 0.15) is 0 Å². The van der Waals surface area contributed by atoms with Gasteiger partial charge in [0.25, 0.3) is 0 Å². The van der Waals surface area contributed by atoms with Crippen LogP contribution in [0.1, 0.15) is 23.7 Å². The lowest BCUT2D eigenvalue weighted by Gasteiger charge is -2.09. The van der Waals surface area contributed by atoms with Gasteiger partial charge in [-0.15, -0.1) is 21.5 Å². The van der Waals surface area contributed by atoms with Crippen molar-refractivity contribution in [1.29, 1.82) is 0 Å². The summed E-state index contributed by atoms with van der Waals surface area (Å²) < 4.78 is 26.8. The van der Waals surface area contributed by atoms with Crippen LogP contribution in [0.5, 0.6) is 0 Å². The second-order valence-electron chi connectivity index (χ2n) is 3.89. The number of hydrogen-bond donors (Lipinski definition) is 3. The zero-order chi connectivity index (χ0) is 13.9. The molecular weight excluding hydrogens is 288 g/mol. The van der Waals surface area contributed by atoms with E-state index in [-0.39, 0.29) is 4.90 Å². The number of aromatic nitrogens is 4. The Morgan fingerprint density at radius 1 is 1.53 bits per heavy atom. The number of hydrogen-bond acceptors (Lipinski definition) is 7. The molecule has 0 aromatic carbocycles. The molecule has 2 heterocycles. The van der Waals surface area contributed by atoms with Crippen molar-refractivity contribution in [3.8, 4) is 0 Å². The molecular formula is C9H14N6O2S2. The number of thiophene rings is 1. The monoisotopic (exact) mass is 302 g/mol. The third kappa shape index (κ3) is 3.35. The molecule has 2 aromatic rings. The van der Waals surface area contributed by atoms with E-state index in [2.05, 4.69) is 30.7 Å². The molecule has 10 heteroatoms. The van der Waals surface area contributed by atoms with Crippen molar-refractivity contribution < 1.29 is 8.42 Å². The normalized spacial score (nSPS) is 13.6. The van der Waals surface area contributed by atoms with E-state index < -0.39 is 16.1 Å². The summed E-state index contributed by atoms with van der Waals surface area (Å²) >= 11 is 1.39. The van der Waals surface area contributed by atoms with Crippen LogP contribution in [0.3, 0.4) is 0 Å². The van der Waals surface area contributed by atoms with Crippen LogP contribution in [0.15, 0.2) is 16.3 Å². The molecule has 0 saturated heterocycles. The zero-order valence-corrected chi connectivity index (χ0v) is 12.0. The average Bonchev–Trinajstić information content (AvgIpc) is 2.99. The molecule has 0 spiro atoms. The van der Waals surface area contributed by atoms with Crippen molar-refractivity contribution in [3.63, 3.8) is 0 Å². The van der Waals surface area contributed by atoms with Crippen molar-refractivity contribution in [2.75, 3.05) is 7.05 Å². The predicted molar refractivity (Wildman–Crippen MR) is 70.0 cm³/mol. The highest BCUT2D eigenvalue weighted by Gasteiger charge is 2.21. The van der Waals surface area contributed by atoms with E-state index in [4.69, 9.17) is 0 Å². The molecule has 2 aromatic heterocycles. The van der Waals surface area contributed by atoms with E-state index in [0.717, 1.165) is 4.88 Å². The minimum atomic E-state index is -3.57. The smallest absolute Gasteiger partial charge is 0.242 e. The van der Waals surface area contributed by atoms with Gasteiger partial charge in [0.2, 0.25) is 10.0 Å². The Morgan fingerprint density at radius 2 is 2.32 bits per heavy atom. The number of aromatic amines is 1. The van der Waals surface area contributed by atoms with E-state index in [1.807, 2.05) is 7.05 Å². The number of rotatable bonds is 6. The van der Waals surface area contributed by atoms with E-state index in [1.54, 1.807) is 18.4 Å². The van der Waals surface area contributed by atoms with Crippen molar-refractivity contribution in [2.24, 2.45) is 0 Å². The summed E-state index contributed by atoms with van der Waals surface area (Å²) in [6.07, 6.45) is 0. The quantitative estimate of drug-likeness (QED) is 0.693. The third-order valence-corrected chi connectivity index (χ3v) is 4.98. The molecule has 8 nitrogen and oxygen atoms in total. The van der Waals surface area contributed by atoms with Gasteiger partial charge in [-0.05, 0) is 20.0 Å². The van der Waals surface area contributed by atoms with E-state index in [0.29, 0.717) is 12.4 Å². The van der Waals surface area contributed by atoms with Crippen LogP contribution in [0, 0.1) is 0 Å². The molecule has 0 saturated carbocycles. The summed E-state index contributed by atoms with van der Waals surface area (Å²) in [5.41, 5.74) is 0. The molecule has 0 aliphatic rings. The van der Waals surface area contributed by atoms with Gasteiger partial charge >= 0.3 is 0 Å². The van der Waals surface area contributed by atoms with Crippen LogP contribution >= 0.6 is 11.3 Å². The van der Waals surface area contributed by atoms with E-state index >= 15 is 0 Å². The molecule has 2 rings (SSSR count). The second-order valence-corrected chi connectivity index (χ2v) is 6.60. The lowest BCUT2D eigenvalue weighted by atomic mass is 10.4. The first-order valence-corrected chi connectivity index (χ1v) is 7.87. The van der Waals surface area contributed by atoms with Gasteiger partial charge in [-0.2, -0.15) is 5.21 Å². The van der Waals surface area contributed by atoms with Crippen molar-refractivity contribution in [3.05, 3.63) is 22.1 Å². The first-order valence-electron chi connectivity index (χ1n) is 5.50. The van der Waals surface area contributed by atoms with Crippen LogP contribution in [-0.2, 0) is 16.6 Å². The van der Waals surface area contributed by atoms with E-state index in [1.165, 1.54) is 11.3 Å². The second kappa shape index (κ2) is 5.74. The number of sulfonamides is 1. The summed E-state index contributed by atoms with van der Waals surface area (Å²) in [5.74, 6) is 0.300. The average molecular weight is 302 g/mol. The lowest BCUT2D eigenvalue weighted by Crippen LogP contribution is -2.27. The van der Waals surface area contributed by atoms with Gasteiger partial charge in [-0.25, -0.2) is 13.1 Å². The topological polar surface area (TPSA) is 113 Å². The van der Waals surface area contributed by atoms with Gasteiger partial charge in [0, 0.05) is 16.8 Å². The summed E-state index contributed by atoms with van der Waals surface area (Å²) in [5, 5.41) is 17.8. The van der Waals surface area contributed by atoms with E-state index in [9.17, 15) is 8.42 Å². The molecule has 104 valence electrons. The Balaban J connectivity index is 2.13. The van der Waals surface area contributed by atoms with Crippen LogP contribution in [-0.4, -0.2) is 36.1 Å². The zero-order valence-electron chi connectivity index (χ0n) is 10.4. The Bertz CT molecular complexity index is 621. The fourth-order valence-electron chi connectivity index (χ4n) is 1.47. The summed E-state index contributed by atoms with van der Waals surface area (Å²) in [7, 11) is -1.76. The Kier molecular flexibility index (Phi) is 4.24. The predicted octanol–water partition coefficient (Wildman–Crippen LogP) is 0.0201. The maximum Gasteiger partial charge on any atom is 0.242 e. The molecule has 0 amide bonds. The Hall–Kier alpha value is -1.36. The van der Waals surface area contributed by atoms with Crippen molar-refractivity contribution in [2.45, 2.75) is 24.4 Å². The lowest BCUT2D eigenvalue weighted by molar-refractivity contribution is 0.560. The summed E-state index contributed by atoms with van der Waals surface area (Å²) in [6.45, 7) is 2.30. The van der Waals surface area contributed by atoms with Gasteiger partial charge in [0.15, 0.2) is 5.82 Å². The third-order valence-electron chi connectivity index (χ3n) is 2.37. The highest BCUT2D eigenvalue weighted by atomic mass is 32.2. The van der Waals surface area contributed by atoms with Crippen LogP contribution < -0.4 is 10.0 Å². The molecule has 3 N–H and O–H groups in total. The highest BCUT2D eigenvalue weighted by molar-refractivity contribution is 7.89. The molecule has 0 radical (unpaired) electrons. The standard InChI is InChI=1S/C9H14N6O2S2/c1-6(9-11-14-15-12-9)13-19(16,17)8-3-7(4-10-2)18-5-8/h3,5-6,10,13H,4H2,1-2H3,(H,11,12,14,15). The fourth-order valence-corrected chi connectivity index (χ4v) is 3.96. The number of nitrogens with one attached hydrogen (secondary N) is 3. The minimum absolute atomic E-state index is 0.248. The van der Waals surface area contributed by atoms with Crippen molar-refractivity contribution >= 4 is 21.4 Å². The van der Waals surface area contributed by atoms with Gasteiger partial charge in [-0.3, -0.25) is 0 Å². The van der Waals surface area contributed by atoms with Crippen LogP contribution in [0.2, 0.25) is 0 Å². The number of tetrazole rings is 1. The molecule has 0 aliphatic carbocycles. The fraction of sp³-hybridized carbons (Fsp3) is 0.444. The first kappa shape index (κ1) is 14.1. The molecule has 19 heavy (non-hydrogen) atoms. The Morgan fingerprint density at radius 3 is 2.95 bits per heavy atom. The molecule has 1 unspecified atom stereocenters. The van der Waals surface area contributed by atoms with Crippen LogP contribution in [0.4, 0.5) is 0 Å². The summed E-state index contributed by atoms with van der Waals surface area (Å²) in [4.78, 5) is 1.20. The maximum atomic E-state index is 12.1. The largest absolute Gasteiger partial charge is 0.315 e. The summed E-state index contributed by atoms with van der Waals surface area (Å²) in [6, 6.07) is 1.10. The molecule has 0 bridgehead atoms. The van der Waals surface area contributed by atoms with Crippen molar-refractivity contribution in [1.82, 2.24) is 30.7 Å². The highest BCUT2D eigenvalue weighted by Crippen LogP contribution is 2.20. The maximum absolute atomic E-state index is 12.1. The Labute approximate surface area is 114 Å². The van der Waals surface area contributed by atoms with Crippen LogP contribution in [0.25, 0.3) is 0 Å². The SMILES string of the molecule is CNCc1cc(S(=O)(=O)NC(C)c2nn[nH]n2)cs1. The molecule has 0 fully saturated rings. The van der Waals surface area contributed by atoms with Gasteiger partial charge in [0.05, 0.1) is 10.9 Å². The molecule has 1 atom stereocenters. The van der Waals surface area contributed by atoms with Gasteiger partial charge < -0.3 is 5.32 Å². The first-order chi connectivity index (χ1) is 9.03.